The molecule has 0 unspecified atom stereocenters. The Hall–Kier alpha value is -3.71. The molecule has 0 saturated carbocycles. The van der Waals surface area contributed by atoms with E-state index in [1.165, 1.54) is 70.9 Å². The molecular weight excluding hydrogens is 422 g/mol. The van der Waals surface area contributed by atoms with Gasteiger partial charge in [0.25, 0.3) is 0 Å². The zero-order valence-electron chi connectivity index (χ0n) is 20.8. The van der Waals surface area contributed by atoms with E-state index in [9.17, 15) is 0 Å². The molecule has 0 N–H and O–H groups in total. The number of rotatable bonds is 8. The number of unbranched alkanes of at least 4 members (excludes halogenated alkanes) is 3. The van der Waals surface area contributed by atoms with Crippen molar-refractivity contribution in [2.75, 3.05) is 0 Å². The summed E-state index contributed by atoms with van der Waals surface area (Å²) in [4.78, 5) is 5.06. The van der Waals surface area contributed by atoms with Crippen molar-refractivity contribution in [1.82, 2.24) is 4.98 Å². The molecule has 174 valence electrons. The quantitative estimate of drug-likeness (QED) is 0.212. The Morgan fingerprint density at radius 3 is 2.11 bits per heavy atom. The Labute approximate surface area is 209 Å². The molecule has 0 bridgehead atoms. The number of aryl methyl sites for hydroxylation is 2. The van der Waals surface area contributed by atoms with Crippen LogP contribution < -0.4 is 0 Å². The zero-order chi connectivity index (χ0) is 24.0. The van der Waals surface area contributed by atoms with Gasteiger partial charge in [0.05, 0.1) is 11.2 Å². The van der Waals surface area contributed by atoms with Crippen LogP contribution in [-0.2, 0) is 6.42 Å². The Morgan fingerprint density at radius 1 is 0.600 bits per heavy atom. The molecule has 1 aromatic heterocycles. The molecule has 0 spiro atoms. The van der Waals surface area contributed by atoms with Gasteiger partial charge >= 0.3 is 0 Å². The van der Waals surface area contributed by atoms with E-state index in [1.807, 2.05) is 0 Å². The van der Waals surface area contributed by atoms with Crippen LogP contribution in [0.25, 0.3) is 44.4 Å². The molecule has 0 aliphatic heterocycles. The number of benzene rings is 4. The molecule has 1 nitrogen and oxygen atoms in total. The molecule has 4 aromatic carbocycles. The summed E-state index contributed by atoms with van der Waals surface area (Å²) < 4.78 is 0. The van der Waals surface area contributed by atoms with Gasteiger partial charge in [-0.1, -0.05) is 111 Å². The summed E-state index contributed by atoms with van der Waals surface area (Å²) in [6.07, 6.45) is 6.39. The van der Waals surface area contributed by atoms with E-state index in [0.29, 0.717) is 0 Å². The third-order valence-corrected chi connectivity index (χ3v) is 6.92. The molecule has 0 fully saturated rings. The second-order valence-corrected chi connectivity index (χ2v) is 9.48. The van der Waals surface area contributed by atoms with Crippen molar-refractivity contribution in [2.45, 2.75) is 46.0 Å². The first-order valence-electron chi connectivity index (χ1n) is 12.9. The lowest BCUT2D eigenvalue weighted by molar-refractivity contribution is 0.667. The maximum Gasteiger partial charge on any atom is 0.0716 e. The fourth-order valence-electron chi connectivity index (χ4n) is 4.88. The number of hydrogen-bond donors (Lipinski definition) is 0. The standard InChI is InChI=1S/C34H33N/c1-3-4-5-7-12-26-18-21-28(22-19-26)31-23-29(20-17-25(31)2)34-24-32(27-13-8-6-9-14-27)30-15-10-11-16-33(30)35-34/h6,8-11,13-24H,3-5,7,12H2,1-2H3. The van der Waals surface area contributed by atoms with Gasteiger partial charge in [-0.2, -0.15) is 0 Å². The summed E-state index contributed by atoms with van der Waals surface area (Å²) in [5.74, 6) is 0. The molecular formula is C34H33N. The molecule has 0 atom stereocenters. The first-order chi connectivity index (χ1) is 17.2. The van der Waals surface area contributed by atoms with Gasteiger partial charge < -0.3 is 0 Å². The average Bonchev–Trinajstić information content (AvgIpc) is 2.92. The number of para-hydroxylation sites is 1. The highest BCUT2D eigenvalue weighted by Gasteiger charge is 2.11. The molecule has 1 heterocycles. The fraction of sp³-hybridized carbons (Fsp3) is 0.206. The van der Waals surface area contributed by atoms with Gasteiger partial charge in [-0.15, -0.1) is 0 Å². The normalized spacial score (nSPS) is 11.1. The highest BCUT2D eigenvalue weighted by molar-refractivity contribution is 5.96. The van der Waals surface area contributed by atoms with E-state index < -0.39 is 0 Å². The van der Waals surface area contributed by atoms with Crippen LogP contribution in [0.3, 0.4) is 0 Å². The monoisotopic (exact) mass is 455 g/mol. The van der Waals surface area contributed by atoms with Crippen molar-refractivity contribution in [3.8, 4) is 33.5 Å². The SMILES string of the molecule is CCCCCCc1ccc(-c2cc(-c3cc(-c4ccccc4)c4ccccc4n3)ccc2C)cc1. The molecule has 5 aromatic rings. The number of pyridine rings is 1. The van der Waals surface area contributed by atoms with E-state index in [2.05, 4.69) is 117 Å². The van der Waals surface area contributed by atoms with Crippen molar-refractivity contribution in [1.29, 1.82) is 0 Å². The van der Waals surface area contributed by atoms with Crippen LogP contribution in [0.2, 0.25) is 0 Å². The molecule has 0 amide bonds. The third-order valence-electron chi connectivity index (χ3n) is 6.92. The second-order valence-electron chi connectivity index (χ2n) is 9.48. The predicted molar refractivity (Wildman–Crippen MR) is 151 cm³/mol. The highest BCUT2D eigenvalue weighted by atomic mass is 14.7. The minimum absolute atomic E-state index is 1.01. The Bertz CT molecular complexity index is 1410. The number of fused-ring (bicyclic) bond motifs is 1. The van der Waals surface area contributed by atoms with Crippen LogP contribution in [0.5, 0.6) is 0 Å². The van der Waals surface area contributed by atoms with Gasteiger partial charge in [-0.05, 0) is 71.3 Å². The minimum Gasteiger partial charge on any atom is -0.248 e. The van der Waals surface area contributed by atoms with Crippen LogP contribution in [0.15, 0.2) is 103 Å². The molecule has 5 rings (SSSR count). The topological polar surface area (TPSA) is 12.9 Å². The van der Waals surface area contributed by atoms with Gasteiger partial charge in [0.2, 0.25) is 0 Å². The average molecular weight is 456 g/mol. The molecule has 0 aliphatic rings. The lowest BCUT2D eigenvalue weighted by Gasteiger charge is -2.13. The zero-order valence-corrected chi connectivity index (χ0v) is 20.8. The lowest BCUT2D eigenvalue weighted by atomic mass is 9.94. The van der Waals surface area contributed by atoms with E-state index in [-0.39, 0.29) is 0 Å². The largest absolute Gasteiger partial charge is 0.248 e. The van der Waals surface area contributed by atoms with Crippen molar-refractivity contribution >= 4 is 10.9 Å². The number of aromatic nitrogens is 1. The van der Waals surface area contributed by atoms with Crippen LogP contribution in [-0.4, -0.2) is 4.98 Å². The van der Waals surface area contributed by atoms with Crippen molar-refractivity contribution in [2.24, 2.45) is 0 Å². The lowest BCUT2D eigenvalue weighted by Crippen LogP contribution is -1.92. The maximum atomic E-state index is 5.06. The predicted octanol–water partition coefficient (Wildman–Crippen LogP) is 9.67. The van der Waals surface area contributed by atoms with Crippen molar-refractivity contribution < 1.29 is 0 Å². The fourth-order valence-corrected chi connectivity index (χ4v) is 4.88. The molecule has 35 heavy (non-hydrogen) atoms. The van der Waals surface area contributed by atoms with E-state index in [0.717, 1.165) is 16.8 Å². The summed E-state index contributed by atoms with van der Waals surface area (Å²) in [6, 6.07) is 37.2. The highest BCUT2D eigenvalue weighted by Crippen LogP contribution is 2.34. The van der Waals surface area contributed by atoms with Crippen molar-refractivity contribution in [3.05, 3.63) is 114 Å². The van der Waals surface area contributed by atoms with E-state index in [1.54, 1.807) is 0 Å². The van der Waals surface area contributed by atoms with Gasteiger partial charge in [0.15, 0.2) is 0 Å². The Balaban J connectivity index is 1.51. The molecule has 0 aliphatic carbocycles. The minimum atomic E-state index is 1.01. The van der Waals surface area contributed by atoms with Gasteiger partial charge in [-0.25, -0.2) is 4.98 Å². The summed E-state index contributed by atoms with van der Waals surface area (Å²) in [7, 11) is 0. The van der Waals surface area contributed by atoms with Gasteiger partial charge in [0.1, 0.15) is 0 Å². The summed E-state index contributed by atoms with van der Waals surface area (Å²) in [6.45, 7) is 4.46. The van der Waals surface area contributed by atoms with E-state index in [4.69, 9.17) is 4.98 Å². The first-order valence-corrected chi connectivity index (χ1v) is 12.9. The van der Waals surface area contributed by atoms with Gasteiger partial charge in [0, 0.05) is 10.9 Å². The third kappa shape index (κ3) is 5.20. The molecule has 1 heteroatoms. The van der Waals surface area contributed by atoms with E-state index >= 15 is 0 Å². The Kier molecular flexibility index (Phi) is 7.04. The first kappa shape index (κ1) is 23.1. The van der Waals surface area contributed by atoms with Crippen molar-refractivity contribution in [3.63, 3.8) is 0 Å². The molecule has 0 saturated heterocycles. The van der Waals surface area contributed by atoms with Crippen LogP contribution >= 0.6 is 0 Å². The summed E-state index contributed by atoms with van der Waals surface area (Å²) in [5, 5.41) is 1.18. The number of nitrogens with zero attached hydrogens (tertiary/aromatic N) is 1. The Morgan fingerprint density at radius 2 is 1.31 bits per heavy atom. The van der Waals surface area contributed by atoms with Gasteiger partial charge in [-0.3, -0.25) is 0 Å². The summed E-state index contributed by atoms with van der Waals surface area (Å²) >= 11 is 0. The maximum absolute atomic E-state index is 5.06. The smallest absolute Gasteiger partial charge is 0.0716 e. The van der Waals surface area contributed by atoms with Crippen LogP contribution in [0, 0.1) is 6.92 Å². The summed E-state index contributed by atoms with van der Waals surface area (Å²) in [5.41, 5.74) is 10.9. The van der Waals surface area contributed by atoms with Crippen LogP contribution in [0.1, 0.15) is 43.7 Å². The second kappa shape index (κ2) is 10.7. The van der Waals surface area contributed by atoms with Crippen LogP contribution in [0.4, 0.5) is 0 Å². The molecule has 0 radical (unpaired) electrons. The number of hydrogen-bond acceptors (Lipinski definition) is 1.